The summed E-state index contributed by atoms with van der Waals surface area (Å²) in [5, 5.41) is 0. The van der Waals surface area contributed by atoms with Gasteiger partial charge < -0.3 is 14.2 Å². The molecule has 350 valence electrons. The van der Waals surface area contributed by atoms with E-state index in [1.54, 1.807) is 0 Å². The minimum atomic E-state index is -0.763. The Balaban J connectivity index is 4.35. The fraction of sp³-hybridized carbons (Fsp3) is 0.943. The molecule has 0 aliphatic carbocycles. The van der Waals surface area contributed by atoms with E-state index in [1.165, 1.54) is 167 Å². The van der Waals surface area contributed by atoms with E-state index in [9.17, 15) is 14.4 Å². The van der Waals surface area contributed by atoms with Crippen LogP contribution in [-0.4, -0.2) is 37.2 Å². The van der Waals surface area contributed by atoms with Crippen LogP contribution in [0.4, 0.5) is 0 Å². The lowest BCUT2D eigenvalue weighted by Gasteiger charge is -2.18. The maximum Gasteiger partial charge on any atom is 0.306 e. The van der Waals surface area contributed by atoms with Gasteiger partial charge in [-0.3, -0.25) is 14.4 Å². The molecule has 0 N–H and O–H groups in total. The number of esters is 3. The molecule has 0 aliphatic heterocycles. The van der Waals surface area contributed by atoms with Crippen LogP contribution in [0.2, 0.25) is 0 Å². The summed E-state index contributed by atoms with van der Waals surface area (Å²) in [6.45, 7) is 13.8. The van der Waals surface area contributed by atoms with Crippen molar-refractivity contribution < 1.29 is 28.6 Å². The molecule has 0 aromatic carbocycles. The van der Waals surface area contributed by atoms with Crippen molar-refractivity contribution in [3.63, 3.8) is 0 Å². The molecule has 0 aliphatic rings. The molecule has 0 spiro atoms. The van der Waals surface area contributed by atoms with Crippen LogP contribution < -0.4 is 0 Å². The van der Waals surface area contributed by atoms with E-state index in [2.05, 4.69) is 41.5 Å². The number of hydrogen-bond acceptors (Lipinski definition) is 6. The highest BCUT2D eigenvalue weighted by Crippen LogP contribution is 2.18. The topological polar surface area (TPSA) is 78.9 Å². The van der Waals surface area contributed by atoms with Crippen molar-refractivity contribution in [2.45, 2.75) is 292 Å². The van der Waals surface area contributed by atoms with Crippen molar-refractivity contribution >= 4 is 17.9 Å². The van der Waals surface area contributed by atoms with Crippen LogP contribution in [0.3, 0.4) is 0 Å². The Morgan fingerprint density at radius 1 is 0.339 bits per heavy atom. The van der Waals surface area contributed by atoms with Gasteiger partial charge in [-0.2, -0.15) is 0 Å². The van der Waals surface area contributed by atoms with Gasteiger partial charge in [0, 0.05) is 19.3 Å². The first-order valence-electron chi connectivity index (χ1n) is 26.2. The first-order valence-corrected chi connectivity index (χ1v) is 26.2. The number of ether oxygens (including phenoxy) is 3. The summed E-state index contributed by atoms with van der Waals surface area (Å²) in [5.41, 5.74) is 0. The van der Waals surface area contributed by atoms with Gasteiger partial charge in [0.25, 0.3) is 0 Å². The van der Waals surface area contributed by atoms with E-state index in [0.717, 1.165) is 75.5 Å². The largest absolute Gasteiger partial charge is 0.462 e. The van der Waals surface area contributed by atoms with E-state index >= 15 is 0 Å². The molecule has 0 heterocycles. The Morgan fingerprint density at radius 3 is 0.881 bits per heavy atom. The third-order valence-electron chi connectivity index (χ3n) is 12.6. The van der Waals surface area contributed by atoms with Gasteiger partial charge >= 0.3 is 17.9 Å². The fourth-order valence-corrected chi connectivity index (χ4v) is 7.87. The summed E-state index contributed by atoms with van der Waals surface area (Å²) in [4.78, 5) is 38.0. The zero-order valence-electron chi connectivity index (χ0n) is 40.5. The molecule has 2 unspecified atom stereocenters. The van der Waals surface area contributed by atoms with Gasteiger partial charge in [-0.05, 0) is 37.0 Å². The molecule has 0 amide bonds. The molecule has 0 aromatic rings. The highest BCUT2D eigenvalue weighted by Gasteiger charge is 2.19. The fourth-order valence-electron chi connectivity index (χ4n) is 7.87. The minimum Gasteiger partial charge on any atom is -0.462 e. The van der Waals surface area contributed by atoms with E-state index in [0.29, 0.717) is 19.3 Å². The third kappa shape index (κ3) is 44.3. The van der Waals surface area contributed by atoms with Crippen molar-refractivity contribution in [1.29, 1.82) is 0 Å². The van der Waals surface area contributed by atoms with Crippen LogP contribution in [0.25, 0.3) is 0 Å². The van der Waals surface area contributed by atoms with Crippen LogP contribution in [-0.2, 0) is 28.6 Å². The van der Waals surface area contributed by atoms with Crippen LogP contribution in [0, 0.1) is 17.8 Å². The molecule has 0 aromatic heterocycles. The second-order valence-electron chi connectivity index (χ2n) is 19.1. The van der Waals surface area contributed by atoms with Crippen molar-refractivity contribution in [3.05, 3.63) is 0 Å². The summed E-state index contributed by atoms with van der Waals surface area (Å²) in [6, 6.07) is 0. The zero-order chi connectivity index (χ0) is 43.4. The summed E-state index contributed by atoms with van der Waals surface area (Å²) in [7, 11) is 0. The van der Waals surface area contributed by atoms with Crippen molar-refractivity contribution in [2.24, 2.45) is 17.8 Å². The van der Waals surface area contributed by atoms with Gasteiger partial charge in [0.2, 0.25) is 0 Å². The van der Waals surface area contributed by atoms with E-state index in [-0.39, 0.29) is 31.1 Å². The lowest BCUT2D eigenvalue weighted by atomic mass is 9.99. The van der Waals surface area contributed by atoms with Crippen molar-refractivity contribution in [3.8, 4) is 0 Å². The maximum atomic E-state index is 12.8. The summed E-state index contributed by atoms with van der Waals surface area (Å²) in [6.07, 6.45) is 43.6. The first-order chi connectivity index (χ1) is 28.7. The Morgan fingerprint density at radius 2 is 0.593 bits per heavy atom. The number of carbonyl (C=O) groups is 3. The summed E-state index contributed by atoms with van der Waals surface area (Å²) in [5.74, 6) is 1.70. The third-order valence-corrected chi connectivity index (χ3v) is 12.6. The lowest BCUT2D eigenvalue weighted by Crippen LogP contribution is -2.30. The second kappa shape index (κ2) is 44.5. The van der Waals surface area contributed by atoms with Crippen molar-refractivity contribution in [2.75, 3.05) is 13.2 Å². The van der Waals surface area contributed by atoms with E-state index in [4.69, 9.17) is 14.2 Å². The average molecular weight is 835 g/mol. The minimum absolute atomic E-state index is 0.0649. The van der Waals surface area contributed by atoms with Gasteiger partial charge in [0.1, 0.15) is 13.2 Å². The number of unbranched alkanes of at least 4 members (excludes halogenated alkanes) is 27. The number of rotatable bonds is 46. The molecular formula is C53H102O6. The highest BCUT2D eigenvalue weighted by atomic mass is 16.6. The highest BCUT2D eigenvalue weighted by molar-refractivity contribution is 5.71. The van der Waals surface area contributed by atoms with Crippen LogP contribution in [0.5, 0.6) is 0 Å². The maximum absolute atomic E-state index is 12.8. The smallest absolute Gasteiger partial charge is 0.306 e. The Hall–Kier alpha value is -1.59. The lowest BCUT2D eigenvalue weighted by molar-refractivity contribution is -0.167. The normalized spacial score (nSPS) is 13.1. The van der Waals surface area contributed by atoms with Crippen LogP contribution in [0.1, 0.15) is 286 Å². The monoisotopic (exact) mass is 835 g/mol. The van der Waals surface area contributed by atoms with E-state index < -0.39 is 6.10 Å². The molecule has 6 heteroatoms. The second-order valence-corrected chi connectivity index (χ2v) is 19.1. The van der Waals surface area contributed by atoms with Gasteiger partial charge in [-0.1, -0.05) is 247 Å². The van der Waals surface area contributed by atoms with Crippen LogP contribution >= 0.6 is 0 Å². The van der Waals surface area contributed by atoms with E-state index in [1.807, 2.05) is 0 Å². The molecule has 59 heavy (non-hydrogen) atoms. The van der Waals surface area contributed by atoms with Gasteiger partial charge in [0.15, 0.2) is 6.10 Å². The molecule has 6 nitrogen and oxygen atoms in total. The SMILES string of the molecule is CCC(C)CCCCCCCCCCCCC(=O)OC[C@@H](COC(=O)CCCCCCCCCCCCC(C)C)OC(=O)CCCCCCCCCCCCC(C)CC. The molecule has 0 saturated carbocycles. The molecule has 0 saturated heterocycles. The van der Waals surface area contributed by atoms with Crippen LogP contribution in [0.15, 0.2) is 0 Å². The summed E-state index contributed by atoms with van der Waals surface area (Å²) >= 11 is 0. The van der Waals surface area contributed by atoms with Gasteiger partial charge in [-0.15, -0.1) is 0 Å². The predicted octanol–water partition coefficient (Wildman–Crippen LogP) is 16.8. The Labute approximate surface area is 368 Å². The molecule has 0 bridgehead atoms. The molecule has 0 radical (unpaired) electrons. The molecular weight excluding hydrogens is 733 g/mol. The predicted molar refractivity (Wildman–Crippen MR) is 252 cm³/mol. The quantitative estimate of drug-likeness (QED) is 0.0345. The standard InChI is InChI=1S/C53H102O6/c1-7-48(5)40-34-28-22-16-10-13-19-25-31-37-43-52(55)58-46-50(45-57-51(54)42-36-30-24-18-12-9-15-21-27-33-39-47(3)4)59-53(56)44-38-32-26-20-14-11-17-23-29-35-41-49(6)8-2/h47-50H,7-46H2,1-6H3/t48?,49?,50-/m1/s1. The Kier molecular flexibility index (Phi) is 43.3. The first kappa shape index (κ1) is 57.4. The van der Waals surface area contributed by atoms with Crippen molar-refractivity contribution in [1.82, 2.24) is 0 Å². The molecule has 0 fully saturated rings. The Bertz CT molecular complexity index is 918. The summed E-state index contributed by atoms with van der Waals surface area (Å²) < 4.78 is 16.8. The zero-order valence-corrected chi connectivity index (χ0v) is 40.5. The number of carbonyl (C=O) groups excluding carboxylic acids is 3. The number of hydrogen-bond donors (Lipinski definition) is 0. The van der Waals surface area contributed by atoms with Gasteiger partial charge in [0.05, 0.1) is 0 Å². The van der Waals surface area contributed by atoms with Gasteiger partial charge in [-0.25, -0.2) is 0 Å². The average Bonchev–Trinajstić information content (AvgIpc) is 3.22. The molecule has 0 rings (SSSR count). The molecule has 3 atom stereocenters.